The first-order valence-corrected chi connectivity index (χ1v) is 10.0. The maximum atomic E-state index is 13.0. The van der Waals surface area contributed by atoms with Gasteiger partial charge >= 0.3 is 0 Å². The molecule has 1 N–H and O–H groups in total. The number of amides is 2. The van der Waals surface area contributed by atoms with Gasteiger partial charge in [-0.25, -0.2) is 0 Å². The van der Waals surface area contributed by atoms with Crippen molar-refractivity contribution in [1.82, 2.24) is 5.01 Å². The first kappa shape index (κ1) is 22.6. The van der Waals surface area contributed by atoms with Crippen LogP contribution in [0.15, 0.2) is 71.8 Å². The zero-order chi connectivity index (χ0) is 23.1. The summed E-state index contributed by atoms with van der Waals surface area (Å²) in [4.78, 5) is 26.4. The number of benzene rings is 3. The van der Waals surface area contributed by atoms with Crippen molar-refractivity contribution in [2.75, 3.05) is 24.3 Å². The summed E-state index contributed by atoms with van der Waals surface area (Å²) in [6, 6.07) is 18.9. The Hall–Kier alpha value is -4.08. The van der Waals surface area contributed by atoms with Crippen LogP contribution in [0, 0.1) is 12.3 Å². The highest BCUT2D eigenvalue weighted by atomic mass is 35.5. The molecule has 2 amide bonds. The van der Waals surface area contributed by atoms with Gasteiger partial charge in [-0.3, -0.25) is 14.5 Å². The van der Waals surface area contributed by atoms with Crippen LogP contribution in [-0.4, -0.2) is 37.6 Å². The summed E-state index contributed by atoms with van der Waals surface area (Å²) in [5, 5.41) is 9.07. The molecule has 0 aliphatic carbocycles. The highest BCUT2D eigenvalue weighted by Gasteiger charge is 2.19. The minimum atomic E-state index is -0.405. The molecule has 3 aromatic rings. The molecule has 0 unspecified atom stereocenters. The first-order valence-electron chi connectivity index (χ1n) is 9.64. The average Bonchev–Trinajstić information content (AvgIpc) is 2.80. The van der Waals surface area contributed by atoms with Crippen LogP contribution in [0.5, 0.6) is 0 Å². The number of hydrazone groups is 1. The Bertz CT molecular complexity index is 1180. The predicted octanol–water partition coefficient (Wildman–Crippen LogP) is 4.76. The number of hydrogen-bond donors (Lipinski definition) is 1. The maximum absolute atomic E-state index is 13.0. The number of hydrogen-bond acceptors (Lipinski definition) is 4. The molecule has 0 spiro atoms. The van der Waals surface area contributed by atoms with E-state index in [1.807, 2.05) is 26.2 Å². The zero-order valence-corrected chi connectivity index (χ0v) is 18.4. The smallest absolute Gasteiger partial charge is 0.257 e. The molecule has 32 heavy (non-hydrogen) atoms. The molecule has 160 valence electrons. The fourth-order valence-electron chi connectivity index (χ4n) is 2.91. The van der Waals surface area contributed by atoms with Gasteiger partial charge in [0.2, 0.25) is 6.41 Å². The lowest BCUT2D eigenvalue weighted by molar-refractivity contribution is -0.106. The SMILES string of the molecule is C#Cc1ccc(NC(=O)c2cc(Cl)ccc2N(C=O)c2ccc(C=NN(C)C)cc2)cc1. The molecule has 0 aliphatic rings. The second kappa shape index (κ2) is 10.3. The van der Waals surface area contributed by atoms with E-state index in [2.05, 4.69) is 16.3 Å². The molecular weight excluding hydrogens is 424 g/mol. The van der Waals surface area contributed by atoms with Crippen molar-refractivity contribution in [2.45, 2.75) is 0 Å². The summed E-state index contributed by atoms with van der Waals surface area (Å²) in [5.74, 6) is 2.12. The zero-order valence-electron chi connectivity index (χ0n) is 17.6. The van der Waals surface area contributed by atoms with Gasteiger partial charge in [0.15, 0.2) is 0 Å². The largest absolute Gasteiger partial charge is 0.322 e. The molecule has 0 radical (unpaired) electrons. The van der Waals surface area contributed by atoms with Crippen molar-refractivity contribution in [2.24, 2.45) is 5.10 Å². The normalized spacial score (nSPS) is 10.4. The fourth-order valence-corrected chi connectivity index (χ4v) is 3.08. The number of halogens is 1. The molecule has 0 bridgehead atoms. The van der Waals surface area contributed by atoms with Gasteiger partial charge in [0.05, 0.1) is 17.5 Å². The third-order valence-corrected chi connectivity index (χ3v) is 4.72. The molecule has 6 nitrogen and oxygen atoms in total. The summed E-state index contributed by atoms with van der Waals surface area (Å²) >= 11 is 6.15. The van der Waals surface area contributed by atoms with Gasteiger partial charge in [0.1, 0.15) is 0 Å². The molecule has 0 aliphatic heterocycles. The van der Waals surface area contributed by atoms with Crippen LogP contribution in [0.1, 0.15) is 21.5 Å². The van der Waals surface area contributed by atoms with E-state index in [9.17, 15) is 9.59 Å². The van der Waals surface area contributed by atoms with Gasteiger partial charge < -0.3 is 10.3 Å². The average molecular weight is 445 g/mol. The Morgan fingerprint density at radius 2 is 1.75 bits per heavy atom. The third kappa shape index (κ3) is 5.54. The van der Waals surface area contributed by atoms with E-state index >= 15 is 0 Å². The van der Waals surface area contributed by atoms with Crippen LogP contribution in [-0.2, 0) is 4.79 Å². The van der Waals surface area contributed by atoms with Crippen LogP contribution in [0.25, 0.3) is 0 Å². The Kier molecular flexibility index (Phi) is 7.27. The van der Waals surface area contributed by atoms with E-state index in [0.717, 1.165) is 5.56 Å². The Morgan fingerprint density at radius 3 is 2.34 bits per heavy atom. The molecule has 0 heterocycles. The van der Waals surface area contributed by atoms with Crippen molar-refractivity contribution < 1.29 is 9.59 Å². The van der Waals surface area contributed by atoms with Crippen molar-refractivity contribution >= 4 is 47.2 Å². The second-order valence-electron chi connectivity index (χ2n) is 7.00. The lowest BCUT2D eigenvalue weighted by Crippen LogP contribution is -2.20. The molecule has 3 rings (SSSR count). The van der Waals surface area contributed by atoms with Gasteiger partial charge in [-0.15, -0.1) is 6.42 Å². The number of anilines is 3. The molecule has 0 atom stereocenters. The van der Waals surface area contributed by atoms with Crippen LogP contribution in [0.3, 0.4) is 0 Å². The minimum absolute atomic E-state index is 0.254. The first-order chi connectivity index (χ1) is 15.4. The van der Waals surface area contributed by atoms with Gasteiger partial charge in [-0.05, 0) is 60.2 Å². The second-order valence-corrected chi connectivity index (χ2v) is 7.43. The Balaban J connectivity index is 1.91. The number of carbonyl (C=O) groups is 2. The van der Waals surface area contributed by atoms with Crippen molar-refractivity contribution in [1.29, 1.82) is 0 Å². The van der Waals surface area contributed by atoms with Crippen molar-refractivity contribution in [3.63, 3.8) is 0 Å². The predicted molar refractivity (Wildman–Crippen MR) is 130 cm³/mol. The van der Waals surface area contributed by atoms with E-state index < -0.39 is 5.91 Å². The van der Waals surface area contributed by atoms with Crippen LogP contribution >= 0.6 is 11.6 Å². The summed E-state index contributed by atoms with van der Waals surface area (Å²) in [6.07, 6.45) is 7.74. The fraction of sp³-hybridized carbons (Fsp3) is 0.0800. The van der Waals surface area contributed by atoms with Crippen molar-refractivity contribution in [3.05, 3.63) is 88.4 Å². The number of terminal acetylenes is 1. The summed E-state index contributed by atoms with van der Waals surface area (Å²) in [5.41, 5.74) is 3.40. The quantitative estimate of drug-likeness (QED) is 0.247. The van der Waals surface area contributed by atoms with Crippen LogP contribution in [0.2, 0.25) is 5.02 Å². The van der Waals surface area contributed by atoms with Gasteiger partial charge in [-0.2, -0.15) is 5.10 Å². The number of carbonyl (C=O) groups excluding carboxylic acids is 2. The molecule has 3 aromatic carbocycles. The highest BCUT2D eigenvalue weighted by Crippen LogP contribution is 2.30. The van der Waals surface area contributed by atoms with Crippen molar-refractivity contribution in [3.8, 4) is 12.3 Å². The van der Waals surface area contributed by atoms with Gasteiger partial charge in [0.25, 0.3) is 5.91 Å². The Labute approximate surface area is 192 Å². The molecule has 7 heteroatoms. The third-order valence-electron chi connectivity index (χ3n) is 4.49. The maximum Gasteiger partial charge on any atom is 0.257 e. The number of nitrogens with zero attached hydrogens (tertiary/aromatic N) is 3. The highest BCUT2D eigenvalue weighted by molar-refractivity contribution is 6.31. The summed E-state index contributed by atoms with van der Waals surface area (Å²) in [7, 11) is 3.66. The van der Waals surface area contributed by atoms with E-state index in [0.29, 0.717) is 34.1 Å². The lowest BCUT2D eigenvalue weighted by atomic mass is 10.1. The monoisotopic (exact) mass is 444 g/mol. The van der Waals surface area contributed by atoms with E-state index in [-0.39, 0.29) is 5.56 Å². The molecule has 0 saturated heterocycles. The number of nitrogens with one attached hydrogen (secondary N) is 1. The van der Waals surface area contributed by atoms with Gasteiger partial charge in [-0.1, -0.05) is 29.7 Å². The van der Waals surface area contributed by atoms with Gasteiger partial charge in [0, 0.05) is 36.1 Å². The topological polar surface area (TPSA) is 65.0 Å². The minimum Gasteiger partial charge on any atom is -0.322 e. The van der Waals surface area contributed by atoms with Crippen LogP contribution < -0.4 is 10.2 Å². The lowest BCUT2D eigenvalue weighted by Gasteiger charge is -2.21. The molecule has 0 fully saturated rings. The summed E-state index contributed by atoms with van der Waals surface area (Å²) < 4.78 is 0. The standard InChI is InChI=1S/C25H21ClN4O2/c1-4-18-5-10-21(11-6-18)28-25(32)23-15-20(26)9-14-24(23)30(17-31)22-12-7-19(8-13-22)16-27-29(2)3/h1,5-17H,2-3H3,(H,28,32). The number of rotatable bonds is 7. The molecule has 0 saturated carbocycles. The van der Waals surface area contributed by atoms with E-state index in [4.69, 9.17) is 18.0 Å². The van der Waals surface area contributed by atoms with E-state index in [1.54, 1.807) is 59.8 Å². The molecule has 0 aromatic heterocycles. The van der Waals surface area contributed by atoms with Crippen LogP contribution in [0.4, 0.5) is 17.1 Å². The summed E-state index contributed by atoms with van der Waals surface area (Å²) in [6.45, 7) is 0. The van der Waals surface area contributed by atoms with E-state index in [1.165, 1.54) is 11.0 Å². The molecular formula is C25H21ClN4O2. The Morgan fingerprint density at radius 1 is 1.06 bits per heavy atom.